The Kier molecular flexibility index (Phi) is 21.8. The number of aromatic nitrogens is 6. The molecule has 0 saturated carbocycles. The molecule has 0 aliphatic heterocycles. The number of likely N-dealkylation sites (N-methyl/N-ethyl adjacent to an activating group) is 2. The molecule has 0 bridgehead atoms. The van der Waals surface area contributed by atoms with Gasteiger partial charge in [-0.25, -0.2) is 28.2 Å². The zero-order valence-corrected chi connectivity index (χ0v) is 39.2. The highest BCUT2D eigenvalue weighted by molar-refractivity contribution is 5.62. The Morgan fingerprint density at radius 1 is 0.676 bits per heavy atom. The van der Waals surface area contributed by atoms with Crippen molar-refractivity contribution < 1.29 is 58.4 Å². The van der Waals surface area contributed by atoms with E-state index in [1.807, 2.05) is 120 Å². The Morgan fingerprint density at radius 2 is 1.09 bits per heavy atom. The van der Waals surface area contributed by atoms with Gasteiger partial charge in [-0.15, -0.1) is 0 Å². The molecular weight excluding hydrogens is 935 g/mol. The second-order valence-electron chi connectivity index (χ2n) is 13.9. The van der Waals surface area contributed by atoms with E-state index in [0.717, 1.165) is 47.6 Å². The van der Waals surface area contributed by atoms with Crippen LogP contribution in [0.4, 0.5) is 63.3 Å². The number of benzene rings is 2. The highest BCUT2D eigenvalue weighted by atomic mass is 35.5. The summed E-state index contributed by atoms with van der Waals surface area (Å²) in [5, 5.41) is 63.5. The molecule has 362 valence electrons. The molecule has 4 aromatic heterocycles. The van der Waals surface area contributed by atoms with Gasteiger partial charge in [0.2, 0.25) is 11.6 Å². The van der Waals surface area contributed by atoms with E-state index in [9.17, 15) is 40.5 Å². The molecule has 0 aliphatic carbocycles. The molecule has 3 N–H and O–H groups in total. The molecule has 4 heterocycles. The van der Waals surface area contributed by atoms with Crippen LogP contribution in [0.2, 0.25) is 0 Å². The summed E-state index contributed by atoms with van der Waals surface area (Å²) < 4.78 is 12.6. The van der Waals surface area contributed by atoms with Crippen LogP contribution < -0.4 is 59.5 Å². The van der Waals surface area contributed by atoms with Gasteiger partial charge in [-0.3, -0.25) is 40.5 Å². The van der Waals surface area contributed by atoms with Crippen LogP contribution >= 0.6 is 0 Å². The van der Waals surface area contributed by atoms with E-state index >= 15 is 0 Å². The van der Waals surface area contributed by atoms with Crippen molar-refractivity contribution >= 4 is 63.3 Å². The zero-order chi connectivity index (χ0) is 48.5. The van der Waals surface area contributed by atoms with Crippen LogP contribution in [0.5, 0.6) is 5.75 Å². The van der Waals surface area contributed by atoms with Gasteiger partial charge in [0, 0.05) is 56.2 Å². The number of hydrogen-bond acceptors (Lipinski definition) is 19. The van der Waals surface area contributed by atoms with Crippen LogP contribution in [0, 0.1) is 40.5 Å². The van der Waals surface area contributed by atoms with Crippen molar-refractivity contribution in [3.05, 3.63) is 138 Å². The van der Waals surface area contributed by atoms with Gasteiger partial charge < -0.3 is 50.4 Å². The van der Waals surface area contributed by atoms with E-state index < -0.39 is 42.4 Å². The van der Waals surface area contributed by atoms with Gasteiger partial charge in [0.1, 0.15) is 29.5 Å². The summed E-state index contributed by atoms with van der Waals surface area (Å²) in [6.07, 6.45) is 9.63. The fourth-order valence-electron chi connectivity index (χ4n) is 5.65. The van der Waals surface area contributed by atoms with Crippen LogP contribution in [0.25, 0.3) is 0 Å². The van der Waals surface area contributed by atoms with Crippen molar-refractivity contribution in [1.82, 2.24) is 19.1 Å². The van der Waals surface area contributed by atoms with Crippen molar-refractivity contribution in [2.45, 2.75) is 0 Å². The lowest BCUT2D eigenvalue weighted by Crippen LogP contribution is -3.00. The van der Waals surface area contributed by atoms with E-state index in [2.05, 4.69) is 35.7 Å². The molecule has 68 heavy (non-hydrogen) atoms. The number of nitrogens with one attached hydrogen (secondary N) is 1. The molecular formula is C39H48Cl2N18O9. The fourth-order valence-corrected chi connectivity index (χ4v) is 5.65. The van der Waals surface area contributed by atoms with Crippen molar-refractivity contribution in [2.24, 2.45) is 54.4 Å². The molecule has 0 radical (unpaired) electrons. The van der Waals surface area contributed by atoms with Crippen molar-refractivity contribution in [2.75, 3.05) is 62.5 Å². The smallest absolute Gasteiger partial charge is 0.421 e. The molecule has 6 aromatic rings. The quantitative estimate of drug-likeness (QED) is 0.0508. The maximum atomic E-state index is 11.3. The van der Waals surface area contributed by atoms with Gasteiger partial charge in [-0.1, -0.05) is 10.2 Å². The highest BCUT2D eigenvalue weighted by Crippen LogP contribution is 2.30. The first-order valence-electron chi connectivity index (χ1n) is 19.5. The predicted octanol–water partition coefficient (Wildman–Crippen LogP) is -0.401. The molecule has 0 unspecified atom stereocenters. The molecule has 0 fully saturated rings. The number of hydrogen-bond donors (Lipinski definition) is 2. The average molecular weight is 984 g/mol. The van der Waals surface area contributed by atoms with E-state index in [-0.39, 0.29) is 36.4 Å². The van der Waals surface area contributed by atoms with Crippen molar-refractivity contribution in [3.8, 4) is 5.75 Å². The summed E-state index contributed by atoms with van der Waals surface area (Å²) in [4.78, 5) is 51.2. The van der Waals surface area contributed by atoms with Gasteiger partial charge >= 0.3 is 23.3 Å². The van der Waals surface area contributed by atoms with Gasteiger partial charge in [0.05, 0.1) is 91.9 Å². The Labute approximate surface area is 400 Å². The molecule has 0 saturated heterocycles. The third kappa shape index (κ3) is 15.7. The molecule has 2 aromatic carbocycles. The maximum absolute atomic E-state index is 11.3. The first-order valence-corrected chi connectivity index (χ1v) is 19.5. The minimum Gasteiger partial charge on any atom is -1.00 e. The van der Waals surface area contributed by atoms with Crippen LogP contribution in [0.1, 0.15) is 0 Å². The minimum atomic E-state index is -0.729. The normalized spacial score (nSPS) is 10.4. The summed E-state index contributed by atoms with van der Waals surface area (Å²) >= 11 is 0. The largest absolute Gasteiger partial charge is 1.00 e. The van der Waals surface area contributed by atoms with Crippen LogP contribution in [-0.2, 0) is 28.2 Å². The molecule has 0 aliphatic rings. The van der Waals surface area contributed by atoms with E-state index in [0.29, 0.717) is 37.8 Å². The third-order valence-electron chi connectivity index (χ3n) is 9.18. The molecule has 0 atom stereocenters. The monoisotopic (exact) mass is 982 g/mol. The average Bonchev–Trinajstić information content (AvgIpc) is 3.81. The number of ether oxygens (including phenoxy) is 1. The summed E-state index contributed by atoms with van der Waals surface area (Å²) in [6.45, 7) is 1.52. The Bertz CT molecular complexity index is 2660. The number of nitro groups is 4. The number of nitrogens with zero attached hydrogens (tertiary/aromatic N) is 16. The lowest BCUT2D eigenvalue weighted by Gasteiger charge is -2.18. The molecule has 0 spiro atoms. The summed E-state index contributed by atoms with van der Waals surface area (Å²) in [6, 6.07) is 16.6. The summed E-state index contributed by atoms with van der Waals surface area (Å²) in [7, 11) is 12.5. The van der Waals surface area contributed by atoms with Crippen LogP contribution in [0.15, 0.2) is 118 Å². The Balaban J connectivity index is 0.000000375. The first-order chi connectivity index (χ1) is 31.4. The second kappa shape index (κ2) is 26.6. The lowest BCUT2D eigenvalue weighted by atomic mass is 10.3. The number of anilines is 3. The van der Waals surface area contributed by atoms with E-state index in [1.165, 1.54) is 4.90 Å². The molecule has 0 amide bonds. The van der Waals surface area contributed by atoms with Crippen LogP contribution in [-0.4, -0.2) is 86.2 Å². The fraction of sp³-hybridized carbons (Fsp3) is 0.282. The number of azo groups is 2. The molecule has 29 heteroatoms. The van der Waals surface area contributed by atoms with Gasteiger partial charge in [-0.2, -0.15) is 0 Å². The summed E-state index contributed by atoms with van der Waals surface area (Å²) in [5.41, 5.74) is 5.99. The first kappa shape index (κ1) is 55.8. The molecule has 6 rings (SSSR count). The summed E-state index contributed by atoms with van der Waals surface area (Å²) in [5.74, 6) is 2.44. The number of rotatable bonds is 17. The minimum absolute atomic E-state index is 0. The van der Waals surface area contributed by atoms with Gasteiger partial charge in [0.25, 0.3) is 11.4 Å². The van der Waals surface area contributed by atoms with E-state index in [4.69, 9.17) is 10.5 Å². The highest BCUT2D eigenvalue weighted by Gasteiger charge is 2.25. The predicted molar refractivity (Wildman–Crippen MR) is 240 cm³/mol. The number of halogens is 2. The van der Waals surface area contributed by atoms with Crippen molar-refractivity contribution in [3.63, 3.8) is 0 Å². The van der Waals surface area contributed by atoms with E-state index in [1.54, 1.807) is 26.1 Å². The SMILES string of the molecule is CN(CCN)c1ncc([N+](=O)[O-])cc1[N+](=O)[O-].CN(CCNc1ccc(N=Nc2n(C)cc[n+]2C)cc1)c1ncc([N+](=O)[O-])cc1[N+](=O)[O-].COc1ccc(N=Nc2n(C)cc[n+]2C)cc1.[Cl-].[Cl-]. The second-order valence-corrected chi connectivity index (χ2v) is 13.9. The number of nitrogens with two attached hydrogens (primary N) is 1. The standard InChI is InChI=1S/C19H21N9O4.C12H15N4O.C8H11N5O4.2ClH/c1-24(18-17(28(31)32)12-16(13-21-18)27(29)30)9-8-20-14-4-6-15(7-5-14)22-23-19-25(2)10-11-26(19)3;1-15-8-9-16(2)12(15)14-13-10-4-6-11(17-3)7-5-10;1-11(3-2-9)8-7(13(16)17)4-6(5-10-8)12(14)15;;/h4-7,10-13H,8-9H2,1-3H3;4-9H,1-3H3;4-5H,2-3,9H2,1H3;2*1H/q;+1;;;/p-1. The zero-order valence-electron chi connectivity index (χ0n) is 37.7. The maximum Gasteiger partial charge on any atom is 0.421 e. The number of methoxy groups -OCH3 is 1. The Hall–Kier alpha value is -8.30. The number of pyridine rings is 2. The molecule has 27 nitrogen and oxygen atoms in total. The van der Waals surface area contributed by atoms with Crippen LogP contribution in [0.3, 0.4) is 0 Å². The topological polar surface area (TPSA) is 319 Å². The Morgan fingerprint density at radius 3 is 1.44 bits per heavy atom. The third-order valence-corrected chi connectivity index (χ3v) is 9.18. The van der Waals surface area contributed by atoms with Crippen molar-refractivity contribution in [1.29, 1.82) is 0 Å². The lowest BCUT2D eigenvalue weighted by molar-refractivity contribution is -0.657. The van der Waals surface area contributed by atoms with Gasteiger partial charge in [-0.05, 0) is 48.5 Å². The number of imidazole rings is 2. The van der Waals surface area contributed by atoms with Gasteiger partial charge in [0.15, 0.2) is 0 Å². The number of aryl methyl sites for hydroxylation is 4.